The second-order valence-corrected chi connectivity index (χ2v) is 10.6. The number of benzene rings is 3. The summed E-state index contributed by atoms with van der Waals surface area (Å²) < 4.78 is 45.3. The average molecular weight is 615 g/mol. The molecule has 3 aromatic rings. The number of hydrogen-bond acceptors (Lipinski definition) is 12. The van der Waals surface area contributed by atoms with Gasteiger partial charge in [0.25, 0.3) is 0 Å². The minimum Gasteiger partial charge on any atom is -0.502 e. The van der Waals surface area contributed by atoms with Gasteiger partial charge in [0.2, 0.25) is 11.5 Å². The van der Waals surface area contributed by atoms with E-state index in [1.165, 1.54) is 40.6 Å². The molecule has 2 fully saturated rings. The summed E-state index contributed by atoms with van der Waals surface area (Å²) >= 11 is 0. The molecule has 6 atom stereocenters. The number of aromatic hydroxyl groups is 2. The molecule has 4 N–H and O–H groups in total. The number of aliphatic hydroxyl groups excluding tert-OH is 2. The predicted octanol–water partition coefficient (Wildman–Crippen LogP) is 3.69. The topological polar surface area (TPSA) is 155 Å². The zero-order valence-electron chi connectivity index (χ0n) is 25.2. The maximum Gasteiger partial charge on any atom is 0.200 e. The number of hydrogen-bond donors (Lipinski definition) is 4. The SMILES string of the molecule is COc1cc(OC(CO)C(O)c2cc(OC)c(O)c(OC)c2)ccc1C1OCC2C(c3cc(OC)c(O)c(OC)c3)OCC12. The Morgan fingerprint density at radius 3 is 1.73 bits per heavy atom. The van der Waals surface area contributed by atoms with E-state index < -0.39 is 18.8 Å². The molecular formula is C32H38O12. The monoisotopic (exact) mass is 614 g/mol. The first-order valence-electron chi connectivity index (χ1n) is 14.0. The largest absolute Gasteiger partial charge is 0.502 e. The lowest BCUT2D eigenvalue weighted by atomic mass is 9.84. The number of phenols is 2. The molecule has 0 aliphatic carbocycles. The molecule has 3 aromatic carbocycles. The molecule has 0 radical (unpaired) electrons. The van der Waals surface area contributed by atoms with Crippen LogP contribution in [0.5, 0.6) is 46.0 Å². The standard InChI is InChI=1S/C32H38O12/c1-37-22-12-18(44-27(13-33)28(34)16-8-23(38-2)29(35)24(9-16)39-3)6-7-19(22)32-21-15-42-31(20(21)14-43-32)17-10-25(40-4)30(36)26(11-17)41-5/h6-12,20-21,27-28,31-36H,13-15H2,1-5H3. The van der Waals surface area contributed by atoms with Gasteiger partial charge in [-0.25, -0.2) is 0 Å². The first-order valence-corrected chi connectivity index (χ1v) is 14.0. The second kappa shape index (κ2) is 13.3. The van der Waals surface area contributed by atoms with Crippen molar-refractivity contribution in [1.82, 2.24) is 0 Å². The van der Waals surface area contributed by atoms with Gasteiger partial charge < -0.3 is 58.3 Å². The molecule has 0 aromatic heterocycles. The Hall–Kier alpha value is -4.10. The maximum atomic E-state index is 11.1. The van der Waals surface area contributed by atoms with Crippen LogP contribution in [0, 0.1) is 11.8 Å². The van der Waals surface area contributed by atoms with Crippen molar-refractivity contribution < 1.29 is 58.3 Å². The summed E-state index contributed by atoms with van der Waals surface area (Å²) in [4.78, 5) is 0. The van der Waals surface area contributed by atoms with Gasteiger partial charge in [0.05, 0.1) is 67.6 Å². The van der Waals surface area contributed by atoms with Crippen molar-refractivity contribution in [3.63, 3.8) is 0 Å². The Bertz CT molecular complexity index is 1410. The van der Waals surface area contributed by atoms with Crippen molar-refractivity contribution in [3.05, 3.63) is 59.2 Å². The summed E-state index contributed by atoms with van der Waals surface area (Å²) in [6.07, 6.45) is -2.94. The Morgan fingerprint density at radius 2 is 1.20 bits per heavy atom. The van der Waals surface area contributed by atoms with Crippen LogP contribution < -0.4 is 28.4 Å². The number of ether oxygens (including phenoxy) is 8. The molecule has 0 saturated carbocycles. The molecule has 2 heterocycles. The van der Waals surface area contributed by atoms with Crippen LogP contribution in [0.4, 0.5) is 0 Å². The van der Waals surface area contributed by atoms with E-state index in [2.05, 4.69) is 0 Å². The number of methoxy groups -OCH3 is 5. The van der Waals surface area contributed by atoms with Crippen LogP contribution in [0.15, 0.2) is 42.5 Å². The highest BCUT2D eigenvalue weighted by atomic mass is 16.5. The summed E-state index contributed by atoms with van der Waals surface area (Å²) in [6, 6.07) is 11.7. The molecule has 12 nitrogen and oxygen atoms in total. The summed E-state index contributed by atoms with van der Waals surface area (Å²) in [5.74, 6) is 1.48. The van der Waals surface area contributed by atoms with Gasteiger partial charge in [-0.2, -0.15) is 0 Å². The van der Waals surface area contributed by atoms with Gasteiger partial charge in [-0.1, -0.05) is 0 Å². The fraction of sp³-hybridized carbons (Fsp3) is 0.438. The smallest absolute Gasteiger partial charge is 0.200 e. The summed E-state index contributed by atoms with van der Waals surface area (Å²) in [6.45, 7) is 0.397. The van der Waals surface area contributed by atoms with Gasteiger partial charge in [-0.05, 0) is 47.5 Å². The van der Waals surface area contributed by atoms with Crippen LogP contribution in [0.25, 0.3) is 0 Å². The number of aliphatic hydroxyl groups is 2. The number of phenolic OH excluding ortho intramolecular Hbond substituents is 2. The zero-order chi connectivity index (χ0) is 31.5. The van der Waals surface area contributed by atoms with Crippen molar-refractivity contribution in [2.75, 3.05) is 55.4 Å². The predicted molar refractivity (Wildman–Crippen MR) is 156 cm³/mol. The van der Waals surface area contributed by atoms with Crippen LogP contribution in [0.2, 0.25) is 0 Å². The highest BCUT2D eigenvalue weighted by molar-refractivity contribution is 5.54. The van der Waals surface area contributed by atoms with Crippen molar-refractivity contribution >= 4 is 0 Å². The molecule has 238 valence electrons. The molecule has 5 rings (SSSR count). The van der Waals surface area contributed by atoms with Crippen molar-refractivity contribution in [2.45, 2.75) is 24.4 Å². The van der Waals surface area contributed by atoms with Crippen molar-refractivity contribution in [2.24, 2.45) is 11.8 Å². The highest BCUT2D eigenvalue weighted by Crippen LogP contribution is 2.53. The van der Waals surface area contributed by atoms with E-state index in [4.69, 9.17) is 37.9 Å². The first kappa shape index (κ1) is 31.3. The quantitative estimate of drug-likeness (QED) is 0.235. The van der Waals surface area contributed by atoms with Crippen LogP contribution in [0.1, 0.15) is 35.0 Å². The van der Waals surface area contributed by atoms with E-state index in [1.807, 2.05) is 6.07 Å². The Morgan fingerprint density at radius 1 is 0.705 bits per heavy atom. The van der Waals surface area contributed by atoms with E-state index >= 15 is 0 Å². The van der Waals surface area contributed by atoms with Crippen LogP contribution in [-0.2, 0) is 9.47 Å². The Labute approximate surface area is 255 Å². The molecule has 2 aliphatic heterocycles. The van der Waals surface area contributed by atoms with Crippen LogP contribution in [0.3, 0.4) is 0 Å². The molecule has 2 saturated heterocycles. The molecule has 12 heteroatoms. The molecule has 0 spiro atoms. The zero-order valence-corrected chi connectivity index (χ0v) is 25.2. The maximum absolute atomic E-state index is 11.1. The number of fused-ring (bicyclic) bond motifs is 1. The molecule has 0 bridgehead atoms. The summed E-state index contributed by atoms with van der Waals surface area (Å²) in [5.41, 5.74) is 1.96. The fourth-order valence-corrected chi connectivity index (χ4v) is 5.96. The molecular weight excluding hydrogens is 576 g/mol. The van der Waals surface area contributed by atoms with Crippen LogP contribution in [-0.4, -0.2) is 81.9 Å². The molecule has 44 heavy (non-hydrogen) atoms. The summed E-state index contributed by atoms with van der Waals surface area (Å²) in [5, 5.41) is 41.7. The lowest BCUT2D eigenvalue weighted by molar-refractivity contribution is 0.000275. The normalized spacial score (nSPS) is 22.2. The van der Waals surface area contributed by atoms with Crippen molar-refractivity contribution in [1.29, 1.82) is 0 Å². The second-order valence-electron chi connectivity index (χ2n) is 10.6. The minimum atomic E-state index is -1.28. The van der Waals surface area contributed by atoms with Gasteiger partial charge in [0.1, 0.15) is 17.6 Å². The third kappa shape index (κ3) is 5.73. The van der Waals surface area contributed by atoms with Crippen LogP contribution >= 0.6 is 0 Å². The first-order chi connectivity index (χ1) is 21.3. The van der Waals surface area contributed by atoms with E-state index in [1.54, 1.807) is 31.4 Å². The molecule has 2 aliphatic rings. The minimum absolute atomic E-state index is 0.0259. The van der Waals surface area contributed by atoms with Crippen molar-refractivity contribution in [3.8, 4) is 46.0 Å². The van der Waals surface area contributed by atoms with E-state index in [9.17, 15) is 20.4 Å². The van der Waals surface area contributed by atoms with Gasteiger partial charge in [-0.15, -0.1) is 0 Å². The molecule has 0 amide bonds. The van der Waals surface area contributed by atoms with Gasteiger partial charge in [-0.3, -0.25) is 0 Å². The Kier molecular flexibility index (Phi) is 9.45. The van der Waals surface area contributed by atoms with Gasteiger partial charge in [0, 0.05) is 23.5 Å². The highest BCUT2D eigenvalue weighted by Gasteiger charge is 2.49. The lowest BCUT2D eigenvalue weighted by Gasteiger charge is -2.25. The van der Waals surface area contributed by atoms with Gasteiger partial charge >= 0.3 is 0 Å². The van der Waals surface area contributed by atoms with E-state index in [0.717, 1.165) is 11.1 Å². The Balaban J connectivity index is 1.34. The average Bonchev–Trinajstić information content (AvgIpc) is 3.66. The third-order valence-electron chi connectivity index (χ3n) is 8.27. The van der Waals surface area contributed by atoms with E-state index in [-0.39, 0.29) is 47.0 Å². The third-order valence-corrected chi connectivity index (χ3v) is 8.27. The lowest BCUT2D eigenvalue weighted by Crippen LogP contribution is -2.29. The number of rotatable bonds is 12. The summed E-state index contributed by atoms with van der Waals surface area (Å²) in [7, 11) is 7.28. The van der Waals surface area contributed by atoms with E-state index in [0.29, 0.717) is 41.8 Å². The fourth-order valence-electron chi connectivity index (χ4n) is 5.96. The van der Waals surface area contributed by atoms with Gasteiger partial charge in [0.15, 0.2) is 29.1 Å². The molecule has 6 unspecified atom stereocenters.